The quantitative estimate of drug-likeness (QED) is 0.608. The van der Waals surface area contributed by atoms with E-state index in [-0.39, 0.29) is 5.56 Å². The molecule has 2 heterocycles. The van der Waals surface area contributed by atoms with Crippen molar-refractivity contribution in [3.8, 4) is 0 Å². The average molecular weight is 402 g/mol. The van der Waals surface area contributed by atoms with E-state index in [4.69, 9.17) is 0 Å². The first-order chi connectivity index (χ1) is 13.5. The van der Waals surface area contributed by atoms with E-state index < -0.39 is 17.2 Å². The van der Waals surface area contributed by atoms with Crippen LogP contribution in [0.1, 0.15) is 26.7 Å². The van der Waals surface area contributed by atoms with Crippen molar-refractivity contribution >= 4 is 40.4 Å². The summed E-state index contributed by atoms with van der Waals surface area (Å²) in [5, 5.41) is 13.5. The van der Waals surface area contributed by atoms with E-state index in [0.717, 1.165) is 12.8 Å². The highest BCUT2D eigenvalue weighted by Crippen LogP contribution is 2.25. The van der Waals surface area contributed by atoms with Crippen molar-refractivity contribution in [1.29, 1.82) is 0 Å². The van der Waals surface area contributed by atoms with Crippen LogP contribution >= 0.6 is 11.8 Å². The minimum absolute atomic E-state index is 0.106. The molecule has 1 aromatic carbocycles. The van der Waals surface area contributed by atoms with E-state index >= 15 is 0 Å². The zero-order valence-corrected chi connectivity index (χ0v) is 16.7. The van der Waals surface area contributed by atoms with Crippen LogP contribution in [0, 0.1) is 0 Å². The molecule has 2 N–H and O–H groups in total. The van der Waals surface area contributed by atoms with Crippen LogP contribution in [0.3, 0.4) is 0 Å². The maximum atomic E-state index is 12.9. The Bertz CT molecular complexity index is 1090. The van der Waals surface area contributed by atoms with Gasteiger partial charge in [-0.25, -0.2) is 4.79 Å². The van der Waals surface area contributed by atoms with Crippen LogP contribution in [0.15, 0.2) is 34.2 Å². The Hall–Kier alpha value is -2.88. The summed E-state index contributed by atoms with van der Waals surface area (Å²) in [6.45, 7) is 4.28. The summed E-state index contributed by atoms with van der Waals surface area (Å²) < 4.78 is 3.42. The lowest BCUT2D eigenvalue weighted by molar-refractivity contribution is -0.119. The number of nitrogens with one attached hydrogen (secondary N) is 2. The summed E-state index contributed by atoms with van der Waals surface area (Å²) in [7, 11) is 1.44. The third-order valence-electron chi connectivity index (χ3n) is 4.33. The molecule has 0 aliphatic carbocycles. The second-order valence-corrected chi connectivity index (χ2v) is 7.58. The molecule has 0 spiro atoms. The fraction of sp³-hybridized carbons (Fsp3) is 0.389. The number of benzene rings is 1. The van der Waals surface area contributed by atoms with E-state index in [1.807, 2.05) is 18.2 Å². The standard InChI is InChI=1S/C18H22N6O3S/c1-4-5-10-23-15(26)12-8-6-7-9-13(12)24-17(23)21-22-18(24)28-11(2)14(25)20-16(27)19-3/h6-9,11H,4-5,10H2,1-3H3,(H2,19,20,25,27). The predicted octanol–water partition coefficient (Wildman–Crippen LogP) is 1.78. The molecular formula is C18H22N6O3S. The molecule has 148 valence electrons. The number of aryl methyl sites for hydroxylation is 1. The first-order valence-corrected chi connectivity index (χ1v) is 9.91. The molecule has 0 aliphatic heterocycles. The molecule has 0 radical (unpaired) electrons. The Labute approximate surface area is 165 Å². The van der Waals surface area contributed by atoms with Crippen LogP contribution in [0.2, 0.25) is 0 Å². The maximum Gasteiger partial charge on any atom is 0.321 e. The topological polar surface area (TPSA) is 110 Å². The highest BCUT2D eigenvalue weighted by Gasteiger charge is 2.22. The summed E-state index contributed by atoms with van der Waals surface area (Å²) in [6.07, 6.45) is 1.78. The molecule has 0 bridgehead atoms. The molecular weight excluding hydrogens is 380 g/mol. The number of aromatic nitrogens is 4. The Morgan fingerprint density at radius 2 is 2.00 bits per heavy atom. The van der Waals surface area contributed by atoms with Gasteiger partial charge in [-0.1, -0.05) is 37.2 Å². The number of rotatable bonds is 6. The maximum absolute atomic E-state index is 12.9. The van der Waals surface area contributed by atoms with Crippen molar-refractivity contribution in [2.75, 3.05) is 7.05 Å². The molecule has 0 saturated carbocycles. The van der Waals surface area contributed by atoms with E-state index in [0.29, 0.717) is 28.4 Å². The number of hydrogen-bond donors (Lipinski definition) is 2. The fourth-order valence-electron chi connectivity index (χ4n) is 2.82. The zero-order valence-electron chi connectivity index (χ0n) is 15.9. The normalized spacial score (nSPS) is 12.2. The molecule has 3 rings (SSSR count). The zero-order chi connectivity index (χ0) is 20.3. The Balaban J connectivity index is 2.07. The van der Waals surface area contributed by atoms with Gasteiger partial charge in [0.25, 0.3) is 5.56 Å². The summed E-state index contributed by atoms with van der Waals surface area (Å²) in [5.41, 5.74) is 0.576. The van der Waals surface area contributed by atoms with Crippen molar-refractivity contribution in [1.82, 2.24) is 29.8 Å². The minimum Gasteiger partial charge on any atom is -0.341 e. The largest absolute Gasteiger partial charge is 0.341 e. The van der Waals surface area contributed by atoms with Gasteiger partial charge in [0.1, 0.15) is 0 Å². The molecule has 0 saturated heterocycles. The Morgan fingerprint density at radius 1 is 1.25 bits per heavy atom. The third-order valence-corrected chi connectivity index (χ3v) is 5.37. The van der Waals surface area contributed by atoms with Crippen LogP contribution in [0.25, 0.3) is 16.7 Å². The molecule has 10 heteroatoms. The monoisotopic (exact) mass is 402 g/mol. The van der Waals surface area contributed by atoms with E-state index in [2.05, 4.69) is 27.8 Å². The molecule has 2 aromatic heterocycles. The third kappa shape index (κ3) is 3.72. The Morgan fingerprint density at radius 3 is 2.71 bits per heavy atom. The summed E-state index contributed by atoms with van der Waals surface area (Å²) in [5.74, 6) is 0.00303. The fourth-order valence-corrected chi connectivity index (χ4v) is 3.67. The number of imide groups is 1. The van der Waals surface area contributed by atoms with Gasteiger partial charge in [0.15, 0.2) is 5.16 Å². The summed E-state index contributed by atoms with van der Waals surface area (Å²) >= 11 is 1.18. The molecule has 1 unspecified atom stereocenters. The van der Waals surface area contributed by atoms with Crippen LogP contribution in [-0.4, -0.2) is 43.4 Å². The van der Waals surface area contributed by atoms with E-state index in [1.54, 1.807) is 22.0 Å². The van der Waals surface area contributed by atoms with Crippen molar-refractivity contribution in [2.24, 2.45) is 0 Å². The highest BCUT2D eigenvalue weighted by atomic mass is 32.2. The van der Waals surface area contributed by atoms with Crippen molar-refractivity contribution < 1.29 is 9.59 Å². The number of thioether (sulfide) groups is 1. The number of para-hydroxylation sites is 1. The minimum atomic E-state index is -0.584. The molecule has 0 fully saturated rings. The number of amides is 3. The van der Waals surface area contributed by atoms with Gasteiger partial charge >= 0.3 is 6.03 Å². The highest BCUT2D eigenvalue weighted by molar-refractivity contribution is 8.00. The van der Waals surface area contributed by atoms with Gasteiger partial charge in [-0.2, -0.15) is 0 Å². The number of carbonyl (C=O) groups excluding carboxylic acids is 2. The second kappa shape index (κ2) is 8.42. The van der Waals surface area contributed by atoms with E-state index in [1.165, 1.54) is 18.8 Å². The van der Waals surface area contributed by atoms with Gasteiger partial charge in [-0.15, -0.1) is 10.2 Å². The lowest BCUT2D eigenvalue weighted by Gasteiger charge is -2.12. The van der Waals surface area contributed by atoms with Crippen LogP contribution < -0.4 is 16.2 Å². The van der Waals surface area contributed by atoms with Crippen molar-refractivity contribution in [3.63, 3.8) is 0 Å². The van der Waals surface area contributed by atoms with Gasteiger partial charge in [-0.05, 0) is 25.5 Å². The molecule has 28 heavy (non-hydrogen) atoms. The van der Waals surface area contributed by atoms with Crippen molar-refractivity contribution in [3.05, 3.63) is 34.6 Å². The molecule has 0 aliphatic rings. The van der Waals surface area contributed by atoms with Gasteiger partial charge in [0.2, 0.25) is 11.7 Å². The number of fused-ring (bicyclic) bond motifs is 3. The number of carbonyl (C=O) groups is 2. The predicted molar refractivity (Wildman–Crippen MR) is 108 cm³/mol. The lowest BCUT2D eigenvalue weighted by Crippen LogP contribution is -2.41. The summed E-state index contributed by atoms with van der Waals surface area (Å²) in [6, 6.07) is 6.69. The number of nitrogens with zero attached hydrogens (tertiary/aromatic N) is 4. The average Bonchev–Trinajstić information content (AvgIpc) is 3.11. The van der Waals surface area contributed by atoms with E-state index in [9.17, 15) is 14.4 Å². The van der Waals surface area contributed by atoms with Gasteiger partial charge < -0.3 is 5.32 Å². The SMILES string of the molecule is CCCCn1c(=O)c2ccccc2n2c(SC(C)C(=O)NC(=O)NC)nnc12. The van der Waals surface area contributed by atoms with Gasteiger partial charge in [0.05, 0.1) is 16.2 Å². The van der Waals surface area contributed by atoms with Crippen LogP contribution in [-0.2, 0) is 11.3 Å². The van der Waals surface area contributed by atoms with Gasteiger partial charge in [0, 0.05) is 13.6 Å². The lowest BCUT2D eigenvalue weighted by atomic mass is 10.2. The van der Waals surface area contributed by atoms with Crippen LogP contribution in [0.5, 0.6) is 0 Å². The Kier molecular flexibility index (Phi) is 5.98. The number of hydrogen-bond acceptors (Lipinski definition) is 6. The number of unbranched alkanes of at least 4 members (excludes halogenated alkanes) is 1. The second-order valence-electron chi connectivity index (χ2n) is 6.27. The first kappa shape index (κ1) is 19.9. The first-order valence-electron chi connectivity index (χ1n) is 9.03. The van der Waals surface area contributed by atoms with Gasteiger partial charge in [-0.3, -0.25) is 23.9 Å². The molecule has 9 nitrogen and oxygen atoms in total. The summed E-state index contributed by atoms with van der Waals surface area (Å²) in [4.78, 5) is 36.5. The van der Waals surface area contributed by atoms with Crippen molar-refractivity contribution in [2.45, 2.75) is 43.6 Å². The molecule has 3 amide bonds. The number of urea groups is 1. The molecule has 3 aromatic rings. The van der Waals surface area contributed by atoms with Crippen LogP contribution in [0.4, 0.5) is 4.79 Å². The smallest absolute Gasteiger partial charge is 0.321 e. The molecule has 1 atom stereocenters.